The molecular weight excluding hydrogens is 250 g/mol. The van der Waals surface area contributed by atoms with Crippen molar-refractivity contribution in [2.45, 2.75) is 35.8 Å². The lowest BCUT2D eigenvalue weighted by Gasteiger charge is -2.26. The zero-order valence-corrected chi connectivity index (χ0v) is 11.7. The molecule has 0 N–H and O–H groups in total. The van der Waals surface area contributed by atoms with E-state index in [-0.39, 0.29) is 5.92 Å². The van der Waals surface area contributed by atoms with Crippen LogP contribution in [0.15, 0.2) is 47.4 Å². The van der Waals surface area contributed by atoms with Crippen molar-refractivity contribution in [3.8, 4) is 6.07 Å². The highest BCUT2D eigenvalue weighted by Crippen LogP contribution is 2.38. The van der Waals surface area contributed by atoms with Crippen molar-refractivity contribution in [1.29, 1.82) is 5.26 Å². The third-order valence-electron chi connectivity index (χ3n) is 3.88. The molecule has 0 heterocycles. The third kappa shape index (κ3) is 2.77. The maximum atomic E-state index is 9.25. The van der Waals surface area contributed by atoms with Gasteiger partial charge in [-0.05, 0) is 35.7 Å². The summed E-state index contributed by atoms with van der Waals surface area (Å²) in [6, 6.07) is 17.6. The van der Waals surface area contributed by atoms with Gasteiger partial charge in [0.2, 0.25) is 0 Å². The van der Waals surface area contributed by atoms with Gasteiger partial charge in [-0.15, -0.1) is 11.8 Å². The van der Waals surface area contributed by atoms with Crippen LogP contribution in [0.4, 0.5) is 0 Å². The normalized spacial score (nSPS) is 23.1. The summed E-state index contributed by atoms with van der Waals surface area (Å²) in [6.07, 6.45) is 4.73. The SMILES string of the molecule is N#CC1CCCCC1Sc1ccc2ccccc2c1. The fourth-order valence-corrected chi connectivity index (χ4v) is 4.14. The van der Waals surface area contributed by atoms with Crippen molar-refractivity contribution in [2.24, 2.45) is 5.92 Å². The molecule has 1 nitrogen and oxygen atoms in total. The number of nitrogens with zero attached hydrogens (tertiary/aromatic N) is 1. The lowest BCUT2D eigenvalue weighted by Crippen LogP contribution is -2.20. The number of fused-ring (bicyclic) bond motifs is 1. The van der Waals surface area contributed by atoms with Gasteiger partial charge in [-0.1, -0.05) is 43.2 Å². The van der Waals surface area contributed by atoms with Crippen molar-refractivity contribution in [3.63, 3.8) is 0 Å². The molecule has 0 bridgehead atoms. The van der Waals surface area contributed by atoms with Crippen molar-refractivity contribution in [1.82, 2.24) is 0 Å². The average Bonchev–Trinajstić information content (AvgIpc) is 2.48. The first-order valence-corrected chi connectivity index (χ1v) is 7.80. The molecule has 1 aliphatic rings. The molecule has 1 aliphatic carbocycles. The summed E-state index contributed by atoms with van der Waals surface area (Å²) in [5.74, 6) is 0.227. The summed E-state index contributed by atoms with van der Waals surface area (Å²) in [5, 5.41) is 12.3. The van der Waals surface area contributed by atoms with E-state index in [9.17, 15) is 5.26 Å². The second-order valence-electron chi connectivity index (χ2n) is 5.19. The lowest BCUT2D eigenvalue weighted by molar-refractivity contribution is 0.439. The molecule has 0 aromatic heterocycles. The predicted molar refractivity (Wildman–Crippen MR) is 81.2 cm³/mol. The topological polar surface area (TPSA) is 23.8 Å². The van der Waals surface area contributed by atoms with Gasteiger partial charge in [-0.25, -0.2) is 0 Å². The van der Waals surface area contributed by atoms with Gasteiger partial charge >= 0.3 is 0 Å². The quantitative estimate of drug-likeness (QED) is 0.763. The van der Waals surface area contributed by atoms with Gasteiger partial charge < -0.3 is 0 Å². The van der Waals surface area contributed by atoms with Gasteiger partial charge in [-0.3, -0.25) is 0 Å². The summed E-state index contributed by atoms with van der Waals surface area (Å²) in [4.78, 5) is 1.30. The second kappa shape index (κ2) is 5.67. The fourth-order valence-electron chi connectivity index (χ4n) is 2.80. The molecule has 2 atom stereocenters. The van der Waals surface area contributed by atoms with Crippen LogP contribution in [0, 0.1) is 17.2 Å². The Kier molecular flexibility index (Phi) is 3.75. The molecule has 0 saturated heterocycles. The summed E-state index contributed by atoms with van der Waals surface area (Å²) < 4.78 is 0. The van der Waals surface area contributed by atoms with Gasteiger partial charge in [0, 0.05) is 10.1 Å². The highest BCUT2D eigenvalue weighted by Gasteiger charge is 2.25. The van der Waals surface area contributed by atoms with E-state index >= 15 is 0 Å². The smallest absolute Gasteiger partial charge is 0.0667 e. The van der Waals surface area contributed by atoms with Gasteiger partial charge in [0.1, 0.15) is 0 Å². The van der Waals surface area contributed by atoms with Crippen LogP contribution in [0.3, 0.4) is 0 Å². The third-order valence-corrected chi connectivity index (χ3v) is 5.27. The number of hydrogen-bond acceptors (Lipinski definition) is 2. The molecule has 2 unspecified atom stereocenters. The molecule has 0 spiro atoms. The maximum Gasteiger partial charge on any atom is 0.0667 e. The summed E-state index contributed by atoms with van der Waals surface area (Å²) >= 11 is 1.89. The Morgan fingerprint density at radius 1 is 1.00 bits per heavy atom. The Bertz CT molecular complexity index is 614. The highest BCUT2D eigenvalue weighted by atomic mass is 32.2. The molecule has 0 amide bonds. The first-order chi connectivity index (χ1) is 9.36. The molecule has 1 saturated carbocycles. The van der Waals surface area contributed by atoms with Crippen LogP contribution in [0.2, 0.25) is 0 Å². The molecule has 0 radical (unpaired) electrons. The molecule has 2 heteroatoms. The van der Waals surface area contributed by atoms with E-state index in [0.29, 0.717) is 5.25 Å². The van der Waals surface area contributed by atoms with Crippen LogP contribution in [-0.4, -0.2) is 5.25 Å². The zero-order chi connectivity index (χ0) is 13.1. The fraction of sp³-hybridized carbons (Fsp3) is 0.353. The molecule has 1 fully saturated rings. The largest absolute Gasteiger partial charge is 0.198 e. The zero-order valence-electron chi connectivity index (χ0n) is 10.9. The number of hydrogen-bond donors (Lipinski definition) is 0. The van der Waals surface area contributed by atoms with Crippen LogP contribution in [-0.2, 0) is 0 Å². The van der Waals surface area contributed by atoms with Crippen LogP contribution in [0.25, 0.3) is 10.8 Å². The van der Waals surface area contributed by atoms with Crippen molar-refractivity contribution in [2.75, 3.05) is 0 Å². The van der Waals surface area contributed by atoms with E-state index < -0.39 is 0 Å². The van der Waals surface area contributed by atoms with Crippen molar-refractivity contribution in [3.05, 3.63) is 42.5 Å². The van der Waals surface area contributed by atoms with Crippen LogP contribution >= 0.6 is 11.8 Å². The molecule has 2 aromatic carbocycles. The van der Waals surface area contributed by atoms with E-state index in [0.717, 1.165) is 6.42 Å². The molecular formula is C17H17NS. The van der Waals surface area contributed by atoms with Gasteiger partial charge in [-0.2, -0.15) is 5.26 Å². The van der Waals surface area contributed by atoms with Crippen molar-refractivity contribution >= 4 is 22.5 Å². The van der Waals surface area contributed by atoms with E-state index in [1.165, 1.54) is 34.9 Å². The standard InChI is InChI=1S/C17H17NS/c18-12-15-7-3-4-8-17(15)19-16-10-9-13-5-1-2-6-14(13)11-16/h1-2,5-6,9-11,15,17H,3-4,7-8H2. The van der Waals surface area contributed by atoms with E-state index in [4.69, 9.17) is 0 Å². The first kappa shape index (κ1) is 12.6. The van der Waals surface area contributed by atoms with Gasteiger partial charge in [0.15, 0.2) is 0 Å². The minimum atomic E-state index is 0.227. The summed E-state index contributed by atoms with van der Waals surface area (Å²) in [6.45, 7) is 0. The van der Waals surface area contributed by atoms with Crippen LogP contribution < -0.4 is 0 Å². The van der Waals surface area contributed by atoms with Gasteiger partial charge in [0.25, 0.3) is 0 Å². The van der Waals surface area contributed by atoms with Crippen LogP contribution in [0.1, 0.15) is 25.7 Å². The molecule has 3 rings (SSSR count). The van der Waals surface area contributed by atoms with Crippen LogP contribution in [0.5, 0.6) is 0 Å². The second-order valence-corrected chi connectivity index (χ2v) is 6.50. The maximum absolute atomic E-state index is 9.25. The number of benzene rings is 2. The Morgan fingerprint density at radius 2 is 1.79 bits per heavy atom. The average molecular weight is 267 g/mol. The van der Waals surface area contributed by atoms with Gasteiger partial charge in [0.05, 0.1) is 12.0 Å². The predicted octanol–water partition coefficient (Wildman–Crippen LogP) is 5.01. The molecule has 2 aromatic rings. The Balaban J connectivity index is 1.82. The van der Waals surface area contributed by atoms with E-state index in [2.05, 4.69) is 48.5 Å². The van der Waals surface area contributed by atoms with E-state index in [1.807, 2.05) is 11.8 Å². The highest BCUT2D eigenvalue weighted by molar-refractivity contribution is 8.00. The Morgan fingerprint density at radius 3 is 2.63 bits per heavy atom. The molecule has 19 heavy (non-hydrogen) atoms. The van der Waals surface area contributed by atoms with E-state index in [1.54, 1.807) is 0 Å². The number of rotatable bonds is 2. The Hall–Kier alpha value is -1.46. The lowest BCUT2D eigenvalue weighted by atomic mass is 9.90. The minimum Gasteiger partial charge on any atom is -0.198 e. The number of nitriles is 1. The molecule has 96 valence electrons. The van der Waals surface area contributed by atoms with Crippen molar-refractivity contribution < 1.29 is 0 Å². The monoisotopic (exact) mass is 267 g/mol. The molecule has 0 aliphatic heterocycles. The number of thioether (sulfide) groups is 1. The first-order valence-electron chi connectivity index (χ1n) is 6.92. The summed E-state index contributed by atoms with van der Waals surface area (Å²) in [7, 11) is 0. The Labute approximate surface area is 118 Å². The summed E-state index contributed by atoms with van der Waals surface area (Å²) in [5.41, 5.74) is 0. The minimum absolute atomic E-state index is 0.227.